The molecule has 2 fully saturated rings. The van der Waals surface area contributed by atoms with Crippen LogP contribution in [0, 0.1) is 6.92 Å². The zero-order valence-corrected chi connectivity index (χ0v) is 14.4. The maximum atomic E-state index is 6.17. The van der Waals surface area contributed by atoms with Crippen molar-refractivity contribution in [2.45, 2.75) is 64.6 Å². The van der Waals surface area contributed by atoms with Gasteiger partial charge in [0, 0.05) is 12.5 Å². The molecule has 0 bridgehead atoms. The standard InChI is InChI=1S/C18H27BO3/c1-13-11-14(15-7-6-10-20-12-15)8-9-16(13)19-21-17(2,3)18(4,5)22-19/h8-9,11,15H,6-7,10,12H2,1-5H3. The number of benzene rings is 1. The van der Waals surface area contributed by atoms with Crippen LogP contribution >= 0.6 is 0 Å². The van der Waals surface area contributed by atoms with Gasteiger partial charge in [0.1, 0.15) is 0 Å². The second-order valence-corrected chi connectivity index (χ2v) is 7.62. The van der Waals surface area contributed by atoms with Crippen LogP contribution in [0.3, 0.4) is 0 Å². The predicted molar refractivity (Wildman–Crippen MR) is 89.7 cm³/mol. The van der Waals surface area contributed by atoms with Gasteiger partial charge in [-0.2, -0.15) is 0 Å². The van der Waals surface area contributed by atoms with E-state index in [1.807, 2.05) is 0 Å². The number of rotatable bonds is 2. The number of hydrogen-bond donors (Lipinski definition) is 0. The third-order valence-corrected chi connectivity index (χ3v) is 5.43. The third kappa shape index (κ3) is 2.84. The summed E-state index contributed by atoms with van der Waals surface area (Å²) in [6, 6.07) is 6.66. The Balaban J connectivity index is 1.81. The molecule has 1 aromatic carbocycles. The van der Waals surface area contributed by atoms with Crippen LogP contribution in [0.1, 0.15) is 57.6 Å². The van der Waals surface area contributed by atoms with E-state index in [-0.39, 0.29) is 18.3 Å². The van der Waals surface area contributed by atoms with Crippen LogP contribution in [-0.4, -0.2) is 31.5 Å². The molecule has 3 nitrogen and oxygen atoms in total. The highest BCUT2D eigenvalue weighted by molar-refractivity contribution is 6.62. The topological polar surface area (TPSA) is 27.7 Å². The number of hydrogen-bond acceptors (Lipinski definition) is 3. The summed E-state index contributed by atoms with van der Waals surface area (Å²) < 4.78 is 18.0. The first-order valence-corrected chi connectivity index (χ1v) is 8.34. The molecule has 1 aromatic rings. The molecule has 0 saturated carbocycles. The van der Waals surface area contributed by atoms with Gasteiger partial charge in [-0.05, 0) is 58.5 Å². The lowest BCUT2D eigenvalue weighted by atomic mass is 9.75. The summed E-state index contributed by atoms with van der Waals surface area (Å²) in [5, 5.41) is 0. The van der Waals surface area contributed by atoms with Crippen molar-refractivity contribution < 1.29 is 14.0 Å². The van der Waals surface area contributed by atoms with E-state index in [1.165, 1.54) is 17.5 Å². The number of aryl methyl sites for hydroxylation is 1. The molecule has 2 aliphatic heterocycles. The largest absolute Gasteiger partial charge is 0.495 e. The normalized spacial score (nSPS) is 27.1. The van der Waals surface area contributed by atoms with Crippen molar-refractivity contribution in [3.8, 4) is 0 Å². The van der Waals surface area contributed by atoms with Gasteiger partial charge in [0.2, 0.25) is 0 Å². The number of ether oxygens (including phenoxy) is 1. The molecule has 0 radical (unpaired) electrons. The maximum absolute atomic E-state index is 6.17. The van der Waals surface area contributed by atoms with Gasteiger partial charge >= 0.3 is 7.12 Å². The summed E-state index contributed by atoms with van der Waals surface area (Å²) in [4.78, 5) is 0. The van der Waals surface area contributed by atoms with Crippen LogP contribution in [0.25, 0.3) is 0 Å². The molecule has 2 heterocycles. The zero-order valence-electron chi connectivity index (χ0n) is 14.4. The zero-order chi connectivity index (χ0) is 16.0. The van der Waals surface area contributed by atoms with Gasteiger partial charge in [0.05, 0.1) is 17.8 Å². The molecular formula is C18H27BO3. The molecule has 0 N–H and O–H groups in total. The van der Waals surface area contributed by atoms with E-state index in [0.717, 1.165) is 25.1 Å². The summed E-state index contributed by atoms with van der Waals surface area (Å²) in [5.41, 5.74) is 3.16. The van der Waals surface area contributed by atoms with Gasteiger partial charge in [-0.1, -0.05) is 23.8 Å². The van der Waals surface area contributed by atoms with Crippen molar-refractivity contribution in [3.05, 3.63) is 29.3 Å². The molecule has 22 heavy (non-hydrogen) atoms. The summed E-state index contributed by atoms with van der Waals surface area (Å²) in [7, 11) is -0.276. The van der Waals surface area contributed by atoms with E-state index in [1.54, 1.807) is 0 Å². The molecule has 0 spiro atoms. The lowest BCUT2D eigenvalue weighted by Gasteiger charge is -2.32. The molecule has 0 aromatic heterocycles. The smallest absolute Gasteiger partial charge is 0.399 e. The molecule has 3 rings (SSSR count). The minimum absolute atomic E-state index is 0.276. The van der Waals surface area contributed by atoms with Gasteiger partial charge in [-0.15, -0.1) is 0 Å². The molecule has 120 valence electrons. The van der Waals surface area contributed by atoms with Crippen LogP contribution in [0.4, 0.5) is 0 Å². The Morgan fingerprint density at radius 3 is 2.32 bits per heavy atom. The first kappa shape index (κ1) is 16.0. The third-order valence-electron chi connectivity index (χ3n) is 5.43. The lowest BCUT2D eigenvalue weighted by molar-refractivity contribution is 0.00578. The molecule has 2 aliphatic rings. The highest BCUT2D eigenvalue weighted by Gasteiger charge is 2.52. The Kier molecular flexibility index (Phi) is 4.13. The van der Waals surface area contributed by atoms with E-state index in [0.29, 0.717) is 5.92 Å². The van der Waals surface area contributed by atoms with Crippen LogP contribution < -0.4 is 5.46 Å². The minimum atomic E-state index is -0.292. The van der Waals surface area contributed by atoms with E-state index in [9.17, 15) is 0 Å². The highest BCUT2D eigenvalue weighted by atomic mass is 16.7. The Labute approximate surface area is 134 Å². The van der Waals surface area contributed by atoms with Crippen LogP contribution in [0.5, 0.6) is 0 Å². The van der Waals surface area contributed by atoms with Crippen molar-refractivity contribution >= 4 is 12.6 Å². The first-order valence-electron chi connectivity index (χ1n) is 8.34. The Morgan fingerprint density at radius 1 is 1.09 bits per heavy atom. The van der Waals surface area contributed by atoms with Crippen molar-refractivity contribution in [1.82, 2.24) is 0 Å². The van der Waals surface area contributed by atoms with E-state index >= 15 is 0 Å². The van der Waals surface area contributed by atoms with E-state index in [4.69, 9.17) is 14.0 Å². The molecule has 0 aliphatic carbocycles. The van der Waals surface area contributed by atoms with Gasteiger partial charge < -0.3 is 14.0 Å². The summed E-state index contributed by atoms with van der Waals surface area (Å²) >= 11 is 0. The molecular weight excluding hydrogens is 275 g/mol. The van der Waals surface area contributed by atoms with E-state index < -0.39 is 0 Å². The van der Waals surface area contributed by atoms with Crippen molar-refractivity contribution in [2.75, 3.05) is 13.2 Å². The predicted octanol–water partition coefficient (Wildman–Crippen LogP) is 3.19. The van der Waals surface area contributed by atoms with Crippen LogP contribution in [0.2, 0.25) is 0 Å². The minimum Gasteiger partial charge on any atom is -0.399 e. The van der Waals surface area contributed by atoms with Crippen molar-refractivity contribution in [3.63, 3.8) is 0 Å². The maximum Gasteiger partial charge on any atom is 0.495 e. The second-order valence-electron chi connectivity index (χ2n) is 7.62. The summed E-state index contributed by atoms with van der Waals surface area (Å²) in [5.74, 6) is 0.528. The first-order chi connectivity index (χ1) is 10.3. The van der Waals surface area contributed by atoms with Gasteiger partial charge in [0.25, 0.3) is 0 Å². The lowest BCUT2D eigenvalue weighted by Crippen LogP contribution is -2.41. The fourth-order valence-electron chi connectivity index (χ4n) is 3.19. The second kappa shape index (κ2) is 5.66. The van der Waals surface area contributed by atoms with Gasteiger partial charge in [0.15, 0.2) is 0 Å². The molecule has 4 heteroatoms. The summed E-state index contributed by atoms with van der Waals surface area (Å²) in [6.45, 7) is 12.3. The van der Waals surface area contributed by atoms with Crippen molar-refractivity contribution in [2.24, 2.45) is 0 Å². The molecule has 2 saturated heterocycles. The van der Waals surface area contributed by atoms with Crippen molar-refractivity contribution in [1.29, 1.82) is 0 Å². The van der Waals surface area contributed by atoms with E-state index in [2.05, 4.69) is 52.8 Å². The summed E-state index contributed by atoms with van der Waals surface area (Å²) in [6.07, 6.45) is 2.37. The fraction of sp³-hybridized carbons (Fsp3) is 0.667. The monoisotopic (exact) mass is 302 g/mol. The quantitative estimate of drug-likeness (QED) is 0.785. The average Bonchev–Trinajstić information content (AvgIpc) is 2.68. The highest BCUT2D eigenvalue weighted by Crippen LogP contribution is 2.37. The molecule has 1 atom stereocenters. The van der Waals surface area contributed by atoms with Gasteiger partial charge in [-0.3, -0.25) is 0 Å². The van der Waals surface area contributed by atoms with Crippen LogP contribution in [0.15, 0.2) is 18.2 Å². The molecule has 0 amide bonds. The molecule has 1 unspecified atom stereocenters. The van der Waals surface area contributed by atoms with Gasteiger partial charge in [-0.25, -0.2) is 0 Å². The Morgan fingerprint density at radius 2 is 1.77 bits per heavy atom. The SMILES string of the molecule is Cc1cc(C2CCCOC2)ccc1B1OC(C)(C)C(C)(C)O1. The van der Waals surface area contributed by atoms with Crippen LogP contribution in [-0.2, 0) is 14.0 Å². The Hall–Kier alpha value is -0.835. The average molecular weight is 302 g/mol. The Bertz CT molecular complexity index is 531. The fourth-order valence-corrected chi connectivity index (χ4v) is 3.19.